The van der Waals surface area contributed by atoms with E-state index >= 15 is 0 Å². The molecule has 6 rings (SSSR count). The van der Waals surface area contributed by atoms with Gasteiger partial charge in [-0.05, 0) is 83.3 Å². The van der Waals surface area contributed by atoms with Gasteiger partial charge < -0.3 is 4.42 Å². The van der Waals surface area contributed by atoms with Crippen molar-refractivity contribution in [2.24, 2.45) is 0 Å². The zero-order chi connectivity index (χ0) is 27.3. The summed E-state index contributed by atoms with van der Waals surface area (Å²) in [6.07, 6.45) is 1.93. The minimum Gasteiger partial charge on any atom is -0.437 e. The number of nitrogens with zero attached hydrogens (tertiary/aromatic N) is 2. The lowest BCUT2D eigenvalue weighted by atomic mass is 9.84. The molecule has 0 aliphatic carbocycles. The van der Waals surface area contributed by atoms with Gasteiger partial charge in [0.1, 0.15) is 5.58 Å². The molecule has 3 heteroatoms. The third-order valence-electron chi connectivity index (χ3n) is 7.82. The smallest absolute Gasteiger partial charge is 0.227 e. The molecule has 6 aromatic rings. The molecule has 0 bridgehead atoms. The summed E-state index contributed by atoms with van der Waals surface area (Å²) in [5.74, 6) is 0.688. The second kappa shape index (κ2) is 9.81. The Labute approximate surface area is 230 Å². The summed E-state index contributed by atoms with van der Waals surface area (Å²) in [5, 5.41) is 2.09. The molecule has 0 N–H and O–H groups in total. The highest BCUT2D eigenvalue weighted by atomic mass is 16.3. The average molecular weight is 511 g/mol. The maximum Gasteiger partial charge on any atom is 0.227 e. The Kier molecular flexibility index (Phi) is 6.31. The minimum absolute atomic E-state index is 0.344. The number of aryl methyl sites for hydroxylation is 2. The number of pyridine rings is 2. The summed E-state index contributed by atoms with van der Waals surface area (Å²) >= 11 is 0. The van der Waals surface area contributed by atoms with Gasteiger partial charge in [-0.1, -0.05) is 82.3 Å². The molecule has 0 aliphatic rings. The van der Waals surface area contributed by atoms with Crippen molar-refractivity contribution in [1.82, 2.24) is 9.97 Å². The van der Waals surface area contributed by atoms with E-state index in [9.17, 15) is 0 Å². The topological polar surface area (TPSA) is 38.9 Å². The van der Waals surface area contributed by atoms with Crippen molar-refractivity contribution in [2.75, 3.05) is 0 Å². The molecule has 0 fully saturated rings. The quantitative estimate of drug-likeness (QED) is 0.231. The van der Waals surface area contributed by atoms with Crippen LogP contribution in [-0.4, -0.2) is 9.97 Å². The molecule has 3 nitrogen and oxygen atoms in total. The Hall–Kier alpha value is -4.24. The van der Waals surface area contributed by atoms with E-state index in [-0.39, 0.29) is 0 Å². The van der Waals surface area contributed by atoms with E-state index in [1.54, 1.807) is 0 Å². The van der Waals surface area contributed by atoms with Crippen molar-refractivity contribution >= 4 is 22.1 Å². The van der Waals surface area contributed by atoms with Crippen LogP contribution >= 0.6 is 0 Å². The Bertz CT molecular complexity index is 1800. The standard InChI is InChI=1S/C36H34N2O/c1-21(2)30-18-26(25-11-8-7-9-12-25)19-31(22(3)4)34(30)32-16-15-28-27-13-10-14-29(35(27)39-36(28)38-32)33-17-23(5)24(6)20-37-33/h7-22H,1-6H3. The summed E-state index contributed by atoms with van der Waals surface area (Å²) in [7, 11) is 0. The van der Waals surface area contributed by atoms with Crippen LogP contribution in [0.2, 0.25) is 0 Å². The van der Waals surface area contributed by atoms with Gasteiger partial charge in [-0.3, -0.25) is 4.98 Å². The van der Waals surface area contributed by atoms with Gasteiger partial charge in [0.25, 0.3) is 0 Å². The summed E-state index contributed by atoms with van der Waals surface area (Å²) in [6.45, 7) is 13.3. The Morgan fingerprint density at radius 2 is 1.36 bits per heavy atom. The van der Waals surface area contributed by atoms with Crippen molar-refractivity contribution in [3.05, 3.63) is 107 Å². The molecular weight excluding hydrogens is 476 g/mol. The van der Waals surface area contributed by atoms with Crippen LogP contribution in [-0.2, 0) is 0 Å². The molecule has 0 radical (unpaired) electrons. The Balaban J connectivity index is 1.56. The van der Waals surface area contributed by atoms with Crippen molar-refractivity contribution < 1.29 is 4.42 Å². The summed E-state index contributed by atoms with van der Waals surface area (Å²) in [5.41, 5.74) is 13.1. The fourth-order valence-electron chi connectivity index (χ4n) is 5.48. The van der Waals surface area contributed by atoms with Gasteiger partial charge in [0.05, 0.1) is 11.4 Å². The van der Waals surface area contributed by atoms with Gasteiger partial charge in [-0.25, -0.2) is 4.98 Å². The second-order valence-electron chi connectivity index (χ2n) is 11.2. The number of fused-ring (bicyclic) bond motifs is 3. The van der Waals surface area contributed by atoms with Gasteiger partial charge in [-0.2, -0.15) is 0 Å². The van der Waals surface area contributed by atoms with Crippen LogP contribution in [0.4, 0.5) is 0 Å². The van der Waals surface area contributed by atoms with Gasteiger partial charge in [0, 0.05) is 28.1 Å². The first-order valence-corrected chi connectivity index (χ1v) is 13.8. The molecule has 0 saturated carbocycles. The zero-order valence-corrected chi connectivity index (χ0v) is 23.5. The monoisotopic (exact) mass is 510 g/mol. The zero-order valence-electron chi connectivity index (χ0n) is 23.5. The first-order valence-electron chi connectivity index (χ1n) is 13.8. The van der Waals surface area contributed by atoms with Crippen LogP contribution < -0.4 is 0 Å². The molecular formula is C36H34N2O. The maximum atomic E-state index is 6.51. The van der Waals surface area contributed by atoms with E-state index in [0.29, 0.717) is 17.5 Å². The largest absolute Gasteiger partial charge is 0.437 e. The molecule has 0 spiro atoms. The van der Waals surface area contributed by atoms with E-state index in [1.807, 2.05) is 6.20 Å². The summed E-state index contributed by atoms with van der Waals surface area (Å²) in [6, 6.07) is 28.1. The number of hydrogen-bond donors (Lipinski definition) is 0. The lowest BCUT2D eigenvalue weighted by molar-refractivity contribution is 0.655. The third-order valence-corrected chi connectivity index (χ3v) is 7.82. The number of para-hydroxylation sites is 1. The van der Waals surface area contributed by atoms with Gasteiger partial charge >= 0.3 is 0 Å². The van der Waals surface area contributed by atoms with E-state index in [2.05, 4.69) is 120 Å². The van der Waals surface area contributed by atoms with Crippen LogP contribution in [0.15, 0.2) is 89.5 Å². The predicted octanol–water partition coefficient (Wildman–Crippen LogP) is 10.2. The van der Waals surface area contributed by atoms with E-state index in [1.165, 1.54) is 38.9 Å². The molecule has 0 atom stereocenters. The number of benzene rings is 3. The average Bonchev–Trinajstić information content (AvgIpc) is 3.32. The summed E-state index contributed by atoms with van der Waals surface area (Å²) in [4.78, 5) is 9.86. The number of aromatic nitrogens is 2. The van der Waals surface area contributed by atoms with Crippen LogP contribution in [0.3, 0.4) is 0 Å². The lowest BCUT2D eigenvalue weighted by Crippen LogP contribution is -2.02. The molecule has 3 aromatic carbocycles. The van der Waals surface area contributed by atoms with E-state index in [4.69, 9.17) is 14.4 Å². The van der Waals surface area contributed by atoms with Crippen LogP contribution in [0.25, 0.3) is 55.7 Å². The molecule has 0 aliphatic heterocycles. The highest BCUT2D eigenvalue weighted by molar-refractivity contribution is 6.08. The number of hydrogen-bond acceptors (Lipinski definition) is 3. The minimum atomic E-state index is 0.344. The van der Waals surface area contributed by atoms with Crippen molar-refractivity contribution in [2.45, 2.75) is 53.4 Å². The van der Waals surface area contributed by atoms with Crippen molar-refractivity contribution in [1.29, 1.82) is 0 Å². The highest BCUT2D eigenvalue weighted by Crippen LogP contribution is 2.41. The van der Waals surface area contributed by atoms with E-state index < -0.39 is 0 Å². The van der Waals surface area contributed by atoms with Crippen molar-refractivity contribution in [3.63, 3.8) is 0 Å². The molecule has 0 saturated heterocycles. The van der Waals surface area contributed by atoms with Gasteiger partial charge in [-0.15, -0.1) is 0 Å². The van der Waals surface area contributed by atoms with Gasteiger partial charge in [0.2, 0.25) is 5.71 Å². The second-order valence-corrected chi connectivity index (χ2v) is 11.2. The maximum absolute atomic E-state index is 6.51. The first-order chi connectivity index (χ1) is 18.8. The van der Waals surface area contributed by atoms with Crippen molar-refractivity contribution in [3.8, 4) is 33.6 Å². The predicted molar refractivity (Wildman–Crippen MR) is 163 cm³/mol. The molecule has 0 unspecified atom stereocenters. The van der Waals surface area contributed by atoms with E-state index in [0.717, 1.165) is 33.3 Å². The number of rotatable bonds is 5. The van der Waals surface area contributed by atoms with Crippen LogP contribution in [0.5, 0.6) is 0 Å². The Morgan fingerprint density at radius 1 is 0.641 bits per heavy atom. The fourth-order valence-corrected chi connectivity index (χ4v) is 5.48. The molecule has 39 heavy (non-hydrogen) atoms. The first kappa shape index (κ1) is 25.1. The lowest BCUT2D eigenvalue weighted by Gasteiger charge is -2.21. The molecule has 0 amide bonds. The van der Waals surface area contributed by atoms with Gasteiger partial charge in [0.15, 0.2) is 0 Å². The van der Waals surface area contributed by atoms with Crippen LogP contribution in [0.1, 0.15) is 61.8 Å². The molecule has 194 valence electrons. The fraction of sp³-hybridized carbons (Fsp3) is 0.222. The molecule has 3 aromatic heterocycles. The SMILES string of the molecule is Cc1cnc(-c2cccc3c2oc2nc(-c4c(C(C)C)cc(-c5ccccc5)cc4C(C)C)ccc23)cc1C. The van der Waals surface area contributed by atoms with Crippen LogP contribution in [0, 0.1) is 13.8 Å². The third kappa shape index (κ3) is 4.42. The Morgan fingerprint density at radius 3 is 2.03 bits per heavy atom. The molecule has 3 heterocycles. The highest BCUT2D eigenvalue weighted by Gasteiger charge is 2.21. The number of furan rings is 1. The summed E-state index contributed by atoms with van der Waals surface area (Å²) < 4.78 is 6.51. The normalized spacial score (nSPS) is 11.8.